The van der Waals surface area contributed by atoms with Gasteiger partial charge in [-0.25, -0.2) is 13.2 Å². The van der Waals surface area contributed by atoms with Gasteiger partial charge in [-0.3, -0.25) is 14.9 Å². The zero-order valence-electron chi connectivity index (χ0n) is 11.4. The van der Waals surface area contributed by atoms with E-state index in [9.17, 15) is 28.1 Å². The third kappa shape index (κ3) is 3.94. The van der Waals surface area contributed by atoms with Gasteiger partial charge in [-0.1, -0.05) is 12.1 Å². The van der Waals surface area contributed by atoms with Gasteiger partial charge in [0.25, 0.3) is 5.69 Å². The number of anilines is 1. The van der Waals surface area contributed by atoms with Crippen LogP contribution >= 0.6 is 0 Å². The van der Waals surface area contributed by atoms with E-state index >= 15 is 0 Å². The zero-order chi connectivity index (χ0) is 17.0. The van der Waals surface area contributed by atoms with Crippen LogP contribution in [0, 0.1) is 27.6 Å². The molecule has 0 aliphatic rings. The van der Waals surface area contributed by atoms with E-state index in [2.05, 4.69) is 0 Å². The van der Waals surface area contributed by atoms with Crippen molar-refractivity contribution in [1.82, 2.24) is 0 Å². The number of carbonyl (C=O) groups is 1. The lowest BCUT2D eigenvalue weighted by atomic mass is 10.2. The highest BCUT2D eigenvalue weighted by molar-refractivity contribution is 6.02. The first kappa shape index (κ1) is 16.2. The molecule has 0 aromatic heterocycles. The Labute approximate surface area is 128 Å². The first-order valence-corrected chi connectivity index (χ1v) is 6.25. The van der Waals surface area contributed by atoms with Crippen molar-refractivity contribution >= 4 is 23.4 Å². The Morgan fingerprint density at radius 2 is 1.87 bits per heavy atom. The highest BCUT2D eigenvalue weighted by atomic mass is 19.2. The van der Waals surface area contributed by atoms with Crippen LogP contribution in [0.5, 0.6) is 0 Å². The minimum Gasteiger partial charge on any atom is -0.320 e. The second-order valence-corrected chi connectivity index (χ2v) is 4.40. The fourth-order valence-corrected chi connectivity index (χ4v) is 1.71. The molecule has 0 saturated carbocycles. The van der Waals surface area contributed by atoms with E-state index in [0.29, 0.717) is 11.6 Å². The first-order chi connectivity index (χ1) is 10.9. The van der Waals surface area contributed by atoms with Gasteiger partial charge in [-0.15, -0.1) is 0 Å². The summed E-state index contributed by atoms with van der Waals surface area (Å²) in [5, 5.41) is 12.7. The minimum absolute atomic E-state index is 0.154. The van der Waals surface area contributed by atoms with Crippen LogP contribution in [0.25, 0.3) is 6.08 Å². The maximum Gasteiger partial charge on any atom is 0.270 e. The average Bonchev–Trinajstić information content (AvgIpc) is 2.54. The Morgan fingerprint density at radius 3 is 2.57 bits per heavy atom. The molecule has 2 rings (SSSR count). The number of nitro groups is 1. The SMILES string of the molecule is O=C(/C=C/c1cccc([N+](=O)[O-])c1)Nc1ccc(F)c(F)c1F. The molecule has 5 nitrogen and oxygen atoms in total. The third-order valence-corrected chi connectivity index (χ3v) is 2.80. The molecule has 0 saturated heterocycles. The molecule has 1 N–H and O–H groups in total. The number of hydrogen-bond acceptors (Lipinski definition) is 3. The number of rotatable bonds is 4. The number of carbonyl (C=O) groups excluding carboxylic acids is 1. The van der Waals surface area contributed by atoms with Crippen molar-refractivity contribution in [3.8, 4) is 0 Å². The van der Waals surface area contributed by atoms with Gasteiger partial charge in [-0.2, -0.15) is 0 Å². The van der Waals surface area contributed by atoms with E-state index in [0.717, 1.165) is 12.1 Å². The summed E-state index contributed by atoms with van der Waals surface area (Å²) in [5.74, 6) is -5.37. The predicted octanol–water partition coefficient (Wildman–Crippen LogP) is 3.66. The summed E-state index contributed by atoms with van der Waals surface area (Å²) >= 11 is 0. The molecule has 0 atom stereocenters. The monoisotopic (exact) mass is 322 g/mol. The van der Waals surface area contributed by atoms with E-state index in [1.54, 1.807) is 0 Å². The van der Waals surface area contributed by atoms with Crippen molar-refractivity contribution in [3.05, 3.63) is 75.6 Å². The number of hydrogen-bond donors (Lipinski definition) is 1. The van der Waals surface area contributed by atoms with Crippen LogP contribution in [0.4, 0.5) is 24.5 Å². The van der Waals surface area contributed by atoms with E-state index < -0.39 is 34.0 Å². The van der Waals surface area contributed by atoms with Gasteiger partial charge in [0.15, 0.2) is 17.5 Å². The van der Waals surface area contributed by atoms with Crippen LogP contribution in [-0.4, -0.2) is 10.8 Å². The molecule has 0 fully saturated rings. The quantitative estimate of drug-likeness (QED) is 0.404. The highest BCUT2D eigenvalue weighted by Crippen LogP contribution is 2.20. The number of nitrogens with one attached hydrogen (secondary N) is 1. The van der Waals surface area contributed by atoms with Crippen LogP contribution < -0.4 is 5.32 Å². The lowest BCUT2D eigenvalue weighted by Crippen LogP contribution is -2.10. The average molecular weight is 322 g/mol. The summed E-state index contributed by atoms with van der Waals surface area (Å²) < 4.78 is 39.2. The summed E-state index contributed by atoms with van der Waals surface area (Å²) in [6.07, 6.45) is 2.25. The van der Waals surface area contributed by atoms with E-state index in [1.165, 1.54) is 30.3 Å². The van der Waals surface area contributed by atoms with Crippen LogP contribution in [0.1, 0.15) is 5.56 Å². The maximum absolute atomic E-state index is 13.4. The van der Waals surface area contributed by atoms with E-state index in [1.807, 2.05) is 5.32 Å². The molecule has 0 bridgehead atoms. The molecule has 0 heterocycles. The van der Waals surface area contributed by atoms with Crippen LogP contribution in [0.15, 0.2) is 42.5 Å². The van der Waals surface area contributed by atoms with Crippen molar-refractivity contribution in [2.75, 3.05) is 5.32 Å². The summed E-state index contributed by atoms with van der Waals surface area (Å²) in [4.78, 5) is 21.7. The smallest absolute Gasteiger partial charge is 0.270 e. The highest BCUT2D eigenvalue weighted by Gasteiger charge is 2.14. The molecule has 0 spiro atoms. The number of halogens is 3. The lowest BCUT2D eigenvalue weighted by Gasteiger charge is -2.04. The minimum atomic E-state index is -1.69. The lowest BCUT2D eigenvalue weighted by molar-refractivity contribution is -0.384. The molecular weight excluding hydrogens is 313 g/mol. The van der Waals surface area contributed by atoms with Gasteiger partial charge in [0.1, 0.15) is 0 Å². The zero-order valence-corrected chi connectivity index (χ0v) is 11.4. The van der Waals surface area contributed by atoms with Crippen LogP contribution in [0.3, 0.4) is 0 Å². The van der Waals surface area contributed by atoms with Crippen molar-refractivity contribution in [2.24, 2.45) is 0 Å². The number of amides is 1. The second-order valence-electron chi connectivity index (χ2n) is 4.40. The topological polar surface area (TPSA) is 72.2 Å². The largest absolute Gasteiger partial charge is 0.320 e. The van der Waals surface area contributed by atoms with Crippen molar-refractivity contribution < 1.29 is 22.9 Å². The van der Waals surface area contributed by atoms with Gasteiger partial charge in [-0.05, 0) is 23.8 Å². The second kappa shape index (κ2) is 6.73. The van der Waals surface area contributed by atoms with Crippen molar-refractivity contribution in [1.29, 1.82) is 0 Å². The summed E-state index contributed by atoms with van der Waals surface area (Å²) in [5.41, 5.74) is -0.295. The number of nitrogens with zero attached hydrogens (tertiary/aromatic N) is 1. The Balaban J connectivity index is 2.12. The molecular formula is C15H9F3N2O3. The van der Waals surface area contributed by atoms with Crippen molar-refractivity contribution in [2.45, 2.75) is 0 Å². The predicted molar refractivity (Wildman–Crippen MR) is 77.1 cm³/mol. The summed E-state index contributed by atoms with van der Waals surface area (Å²) in [7, 11) is 0. The summed E-state index contributed by atoms with van der Waals surface area (Å²) in [6, 6.07) is 7.04. The number of nitro benzene ring substituents is 1. The van der Waals surface area contributed by atoms with Gasteiger partial charge < -0.3 is 5.32 Å². The maximum atomic E-state index is 13.4. The molecule has 0 aliphatic heterocycles. The molecule has 23 heavy (non-hydrogen) atoms. The Bertz CT molecular complexity index is 807. The van der Waals surface area contributed by atoms with E-state index in [-0.39, 0.29) is 5.69 Å². The van der Waals surface area contributed by atoms with Crippen LogP contribution in [-0.2, 0) is 4.79 Å². The van der Waals surface area contributed by atoms with Gasteiger partial charge >= 0.3 is 0 Å². The van der Waals surface area contributed by atoms with E-state index in [4.69, 9.17) is 0 Å². The molecule has 118 valence electrons. The molecule has 0 aliphatic carbocycles. The Hall–Kier alpha value is -3.16. The molecule has 2 aromatic carbocycles. The standard InChI is InChI=1S/C15H9F3N2O3/c16-11-5-6-12(15(18)14(11)17)19-13(21)7-4-9-2-1-3-10(8-9)20(22)23/h1-8H,(H,19,21)/b7-4+. The molecule has 2 aromatic rings. The molecule has 0 radical (unpaired) electrons. The molecule has 0 unspecified atom stereocenters. The van der Waals surface area contributed by atoms with Gasteiger partial charge in [0.2, 0.25) is 5.91 Å². The molecule has 8 heteroatoms. The number of non-ortho nitro benzene ring substituents is 1. The molecule has 1 amide bonds. The Kier molecular flexibility index (Phi) is 4.75. The van der Waals surface area contributed by atoms with Crippen LogP contribution in [0.2, 0.25) is 0 Å². The van der Waals surface area contributed by atoms with Gasteiger partial charge in [0.05, 0.1) is 10.6 Å². The fraction of sp³-hybridized carbons (Fsp3) is 0. The first-order valence-electron chi connectivity index (χ1n) is 6.25. The normalized spacial score (nSPS) is 10.7. The summed E-state index contributed by atoms with van der Waals surface area (Å²) in [6.45, 7) is 0. The van der Waals surface area contributed by atoms with Gasteiger partial charge in [0, 0.05) is 18.2 Å². The Morgan fingerprint density at radius 1 is 1.13 bits per heavy atom. The van der Waals surface area contributed by atoms with Crippen molar-refractivity contribution in [3.63, 3.8) is 0 Å². The number of benzene rings is 2. The fourth-order valence-electron chi connectivity index (χ4n) is 1.71. The third-order valence-electron chi connectivity index (χ3n) is 2.80.